The summed E-state index contributed by atoms with van der Waals surface area (Å²) in [7, 11) is 2.90. The first-order chi connectivity index (χ1) is 12.0. The van der Waals surface area contributed by atoms with Crippen LogP contribution in [0.1, 0.15) is 10.6 Å². The van der Waals surface area contributed by atoms with Crippen LogP contribution >= 0.6 is 0 Å². The molecule has 8 nitrogen and oxygen atoms in total. The number of hydrogen-bond donors (Lipinski definition) is 1. The minimum absolute atomic E-state index is 0.0182. The normalized spacial score (nSPS) is 10.5. The molecule has 0 aliphatic rings. The second kappa shape index (κ2) is 6.52. The number of nitrogens with zero attached hydrogens (tertiary/aromatic N) is 1. The van der Waals surface area contributed by atoms with Crippen molar-refractivity contribution in [1.82, 2.24) is 0 Å². The van der Waals surface area contributed by atoms with Gasteiger partial charge in [0.2, 0.25) is 0 Å². The molecule has 1 aromatic heterocycles. The van der Waals surface area contributed by atoms with E-state index in [0.717, 1.165) is 0 Å². The van der Waals surface area contributed by atoms with Gasteiger partial charge in [0.1, 0.15) is 11.4 Å². The zero-order valence-corrected chi connectivity index (χ0v) is 13.4. The molecule has 1 amide bonds. The van der Waals surface area contributed by atoms with Crippen molar-refractivity contribution in [3.8, 4) is 11.5 Å². The van der Waals surface area contributed by atoms with Crippen molar-refractivity contribution in [2.45, 2.75) is 0 Å². The van der Waals surface area contributed by atoms with Crippen LogP contribution in [-0.4, -0.2) is 25.1 Å². The predicted octanol–water partition coefficient (Wildman–Crippen LogP) is 3.61. The standard InChI is InChI=1S/C17H14N2O6/c1-23-11-6-7-12(13(9-11)19(21)22)18-17(20)15-8-10-4-3-5-14(24-2)16(10)25-15/h3-9H,1-2H3,(H,18,20). The molecular formula is C17H14N2O6. The van der Waals surface area contributed by atoms with E-state index in [1.54, 1.807) is 24.3 Å². The fourth-order valence-electron chi connectivity index (χ4n) is 2.39. The zero-order chi connectivity index (χ0) is 18.0. The summed E-state index contributed by atoms with van der Waals surface area (Å²) in [6.45, 7) is 0. The number of anilines is 1. The SMILES string of the molecule is COc1ccc(NC(=O)c2cc3cccc(OC)c3o2)c([N+](=O)[O-])c1. The first-order valence-electron chi connectivity index (χ1n) is 7.24. The third kappa shape index (κ3) is 3.09. The maximum Gasteiger partial charge on any atom is 0.296 e. The lowest BCUT2D eigenvalue weighted by molar-refractivity contribution is -0.384. The number of carbonyl (C=O) groups excluding carboxylic acids is 1. The number of nitro groups is 1. The average molecular weight is 342 g/mol. The van der Waals surface area contributed by atoms with Crippen LogP contribution in [0.4, 0.5) is 11.4 Å². The van der Waals surface area contributed by atoms with Crippen molar-refractivity contribution >= 4 is 28.3 Å². The van der Waals surface area contributed by atoms with E-state index >= 15 is 0 Å². The summed E-state index contributed by atoms with van der Waals surface area (Å²) >= 11 is 0. The van der Waals surface area contributed by atoms with Gasteiger partial charge in [0.05, 0.1) is 25.2 Å². The number of nitro benzene ring substituents is 1. The molecule has 25 heavy (non-hydrogen) atoms. The predicted molar refractivity (Wildman–Crippen MR) is 90.4 cm³/mol. The molecule has 0 atom stereocenters. The van der Waals surface area contributed by atoms with Crippen LogP contribution in [-0.2, 0) is 0 Å². The summed E-state index contributed by atoms with van der Waals surface area (Å²) in [6, 6.07) is 10.9. The molecule has 0 unspecified atom stereocenters. The minimum Gasteiger partial charge on any atom is -0.496 e. The van der Waals surface area contributed by atoms with Crippen molar-refractivity contribution < 1.29 is 23.6 Å². The van der Waals surface area contributed by atoms with Gasteiger partial charge in [-0.1, -0.05) is 12.1 Å². The van der Waals surface area contributed by atoms with Crippen molar-refractivity contribution in [1.29, 1.82) is 0 Å². The Hall–Kier alpha value is -3.55. The van der Waals surface area contributed by atoms with Gasteiger partial charge in [0.15, 0.2) is 17.1 Å². The van der Waals surface area contributed by atoms with Gasteiger partial charge in [-0.25, -0.2) is 0 Å². The highest BCUT2D eigenvalue weighted by molar-refractivity contribution is 6.06. The molecule has 0 bridgehead atoms. The summed E-state index contributed by atoms with van der Waals surface area (Å²) in [5, 5.41) is 14.4. The highest BCUT2D eigenvalue weighted by atomic mass is 16.6. The van der Waals surface area contributed by atoms with Gasteiger partial charge in [-0.2, -0.15) is 0 Å². The van der Waals surface area contributed by atoms with Crippen LogP contribution in [0, 0.1) is 10.1 Å². The van der Waals surface area contributed by atoms with Gasteiger partial charge in [-0.3, -0.25) is 14.9 Å². The second-order valence-electron chi connectivity index (χ2n) is 5.08. The number of methoxy groups -OCH3 is 2. The molecular weight excluding hydrogens is 328 g/mol. The number of para-hydroxylation sites is 1. The third-order valence-electron chi connectivity index (χ3n) is 3.60. The molecule has 2 aromatic carbocycles. The van der Waals surface area contributed by atoms with Crippen molar-refractivity contribution in [3.63, 3.8) is 0 Å². The summed E-state index contributed by atoms with van der Waals surface area (Å²) in [5.74, 6) is 0.223. The largest absolute Gasteiger partial charge is 0.496 e. The lowest BCUT2D eigenvalue weighted by Gasteiger charge is -2.06. The molecule has 0 spiro atoms. The number of carbonyl (C=O) groups is 1. The van der Waals surface area contributed by atoms with Crippen molar-refractivity contribution in [2.75, 3.05) is 19.5 Å². The molecule has 3 aromatic rings. The molecule has 0 aliphatic heterocycles. The van der Waals surface area contributed by atoms with E-state index in [4.69, 9.17) is 13.9 Å². The maximum absolute atomic E-state index is 12.4. The monoisotopic (exact) mass is 342 g/mol. The smallest absolute Gasteiger partial charge is 0.296 e. The Morgan fingerprint density at radius 2 is 1.96 bits per heavy atom. The number of amides is 1. The number of rotatable bonds is 5. The summed E-state index contributed by atoms with van der Waals surface area (Å²) < 4.78 is 15.7. The Morgan fingerprint density at radius 3 is 2.64 bits per heavy atom. The van der Waals surface area contributed by atoms with Crippen LogP contribution in [0.3, 0.4) is 0 Å². The van der Waals surface area contributed by atoms with Crippen molar-refractivity contribution in [2.24, 2.45) is 0 Å². The first kappa shape index (κ1) is 16.3. The van der Waals surface area contributed by atoms with Gasteiger partial charge in [0, 0.05) is 5.39 Å². The molecule has 0 saturated heterocycles. The average Bonchev–Trinajstić information content (AvgIpc) is 3.06. The second-order valence-corrected chi connectivity index (χ2v) is 5.08. The van der Waals surface area contributed by atoms with Crippen LogP contribution < -0.4 is 14.8 Å². The summed E-state index contributed by atoms with van der Waals surface area (Å²) in [5.41, 5.74) is 0.198. The van der Waals surface area contributed by atoms with E-state index in [2.05, 4.69) is 5.32 Å². The highest BCUT2D eigenvalue weighted by Gasteiger charge is 2.20. The molecule has 128 valence electrons. The van der Waals surface area contributed by atoms with E-state index in [0.29, 0.717) is 22.5 Å². The van der Waals surface area contributed by atoms with Gasteiger partial charge in [-0.15, -0.1) is 0 Å². The molecule has 0 saturated carbocycles. The molecule has 0 fully saturated rings. The summed E-state index contributed by atoms with van der Waals surface area (Å²) in [4.78, 5) is 23.0. The van der Waals surface area contributed by atoms with E-state index < -0.39 is 10.8 Å². The van der Waals surface area contributed by atoms with E-state index in [9.17, 15) is 14.9 Å². The lowest BCUT2D eigenvalue weighted by atomic mass is 10.2. The number of nitrogens with one attached hydrogen (secondary N) is 1. The van der Waals surface area contributed by atoms with Gasteiger partial charge >= 0.3 is 0 Å². The Bertz CT molecular complexity index is 963. The van der Waals surface area contributed by atoms with Crippen LogP contribution in [0.2, 0.25) is 0 Å². The van der Waals surface area contributed by atoms with E-state index in [-0.39, 0.29) is 17.1 Å². The molecule has 3 rings (SSSR count). The third-order valence-corrected chi connectivity index (χ3v) is 3.60. The number of ether oxygens (including phenoxy) is 2. The highest BCUT2D eigenvalue weighted by Crippen LogP contribution is 2.31. The Balaban J connectivity index is 1.94. The number of benzene rings is 2. The lowest BCUT2D eigenvalue weighted by Crippen LogP contribution is -2.12. The molecule has 1 N–H and O–H groups in total. The zero-order valence-electron chi connectivity index (χ0n) is 13.4. The molecule has 8 heteroatoms. The van der Waals surface area contributed by atoms with E-state index in [1.165, 1.54) is 32.4 Å². The Labute approximate surface area is 142 Å². The molecule has 0 radical (unpaired) electrons. The van der Waals surface area contributed by atoms with Gasteiger partial charge < -0.3 is 19.2 Å². The van der Waals surface area contributed by atoms with Crippen LogP contribution in [0.5, 0.6) is 11.5 Å². The minimum atomic E-state index is -0.605. The van der Waals surface area contributed by atoms with Gasteiger partial charge in [0.25, 0.3) is 11.6 Å². The number of furan rings is 1. The van der Waals surface area contributed by atoms with Gasteiger partial charge in [-0.05, 0) is 24.3 Å². The fourth-order valence-corrected chi connectivity index (χ4v) is 2.39. The maximum atomic E-state index is 12.4. The number of fused-ring (bicyclic) bond motifs is 1. The quantitative estimate of drug-likeness (QED) is 0.561. The Kier molecular flexibility index (Phi) is 4.25. The summed E-state index contributed by atoms with van der Waals surface area (Å²) in [6.07, 6.45) is 0. The van der Waals surface area contributed by atoms with E-state index in [1.807, 2.05) is 0 Å². The molecule has 1 heterocycles. The van der Waals surface area contributed by atoms with Crippen LogP contribution in [0.25, 0.3) is 11.0 Å². The fraction of sp³-hybridized carbons (Fsp3) is 0.118. The van der Waals surface area contributed by atoms with Crippen LogP contribution in [0.15, 0.2) is 46.9 Å². The Morgan fingerprint density at radius 1 is 1.16 bits per heavy atom. The molecule has 0 aliphatic carbocycles. The first-order valence-corrected chi connectivity index (χ1v) is 7.24. The number of hydrogen-bond acceptors (Lipinski definition) is 6. The van der Waals surface area contributed by atoms with Crippen molar-refractivity contribution in [3.05, 3.63) is 58.3 Å². The topological polar surface area (TPSA) is 104 Å².